The van der Waals surface area contributed by atoms with Crippen molar-refractivity contribution in [3.05, 3.63) is 82.5 Å². The molecule has 0 radical (unpaired) electrons. The number of nitrogen functional groups attached to an aromatic ring is 1. The van der Waals surface area contributed by atoms with Gasteiger partial charge in [0.25, 0.3) is 0 Å². The Morgan fingerprint density at radius 1 is 1.06 bits per heavy atom. The highest BCUT2D eigenvalue weighted by Crippen LogP contribution is 2.41. The molecule has 35 heavy (non-hydrogen) atoms. The molecule has 0 saturated carbocycles. The van der Waals surface area contributed by atoms with Gasteiger partial charge in [-0.15, -0.1) is 11.3 Å². The van der Waals surface area contributed by atoms with Crippen molar-refractivity contribution in [2.24, 2.45) is 0 Å². The Labute approximate surface area is 201 Å². The minimum absolute atomic E-state index is 0.0601. The van der Waals surface area contributed by atoms with E-state index in [1.54, 1.807) is 30.3 Å². The van der Waals surface area contributed by atoms with Gasteiger partial charge in [0.1, 0.15) is 5.82 Å². The molecular formula is C25H18F3N3O3S. The molecule has 6 nitrogen and oxygen atoms in total. The van der Waals surface area contributed by atoms with Crippen LogP contribution in [0, 0.1) is 0 Å². The summed E-state index contributed by atoms with van der Waals surface area (Å²) in [5, 5.41) is 9.39. The lowest BCUT2D eigenvalue weighted by atomic mass is 10.0. The van der Waals surface area contributed by atoms with Crippen molar-refractivity contribution in [2.75, 3.05) is 5.73 Å². The van der Waals surface area contributed by atoms with Crippen LogP contribution < -0.4 is 5.73 Å². The lowest BCUT2D eigenvalue weighted by Crippen LogP contribution is -2.05. The molecule has 1 aromatic carbocycles. The number of carbonyl (C=O) groups is 2. The molecule has 0 aliphatic heterocycles. The number of benzene rings is 1. The lowest BCUT2D eigenvalue weighted by molar-refractivity contribution is -0.136. The quantitative estimate of drug-likeness (QED) is 0.309. The first-order valence-electron chi connectivity index (χ1n) is 10.4. The van der Waals surface area contributed by atoms with Gasteiger partial charge in [0.05, 0.1) is 16.8 Å². The van der Waals surface area contributed by atoms with Gasteiger partial charge in [0, 0.05) is 34.0 Å². The Balaban J connectivity index is 1.57. The van der Waals surface area contributed by atoms with Gasteiger partial charge in [-0.05, 0) is 72.0 Å². The fourth-order valence-electron chi connectivity index (χ4n) is 3.41. The molecule has 0 unspecified atom stereocenters. The SMILES string of the molecule is Nc1ccc(/C=C/C(=O)CCc2cc3cc(-c4ccc(C(=O)O)cn4)cc(C(F)(F)F)c3s2)cn1. The number of nitrogens with zero attached hydrogens (tertiary/aromatic N) is 2. The number of hydrogen-bond acceptors (Lipinski definition) is 6. The summed E-state index contributed by atoms with van der Waals surface area (Å²) in [7, 11) is 0. The van der Waals surface area contributed by atoms with Crippen molar-refractivity contribution in [1.82, 2.24) is 9.97 Å². The number of nitrogens with two attached hydrogens (primary N) is 1. The van der Waals surface area contributed by atoms with Crippen LogP contribution in [0.3, 0.4) is 0 Å². The smallest absolute Gasteiger partial charge is 0.417 e. The zero-order valence-corrected chi connectivity index (χ0v) is 18.9. The number of anilines is 1. The summed E-state index contributed by atoms with van der Waals surface area (Å²) in [4.78, 5) is 31.9. The van der Waals surface area contributed by atoms with Crippen LogP contribution in [0.1, 0.15) is 32.8 Å². The molecule has 0 aliphatic rings. The van der Waals surface area contributed by atoms with E-state index in [0.717, 1.165) is 23.6 Å². The van der Waals surface area contributed by atoms with Gasteiger partial charge < -0.3 is 10.8 Å². The molecule has 4 rings (SSSR count). The van der Waals surface area contributed by atoms with Crippen LogP contribution in [-0.2, 0) is 17.4 Å². The van der Waals surface area contributed by atoms with Crippen molar-refractivity contribution in [1.29, 1.82) is 0 Å². The Hall–Kier alpha value is -4.05. The van der Waals surface area contributed by atoms with Crippen molar-refractivity contribution in [2.45, 2.75) is 19.0 Å². The number of allylic oxidation sites excluding steroid dienone is 1. The van der Waals surface area contributed by atoms with E-state index in [1.165, 1.54) is 24.4 Å². The van der Waals surface area contributed by atoms with Gasteiger partial charge in [0.15, 0.2) is 5.78 Å². The molecule has 4 aromatic rings. The maximum Gasteiger partial charge on any atom is 0.417 e. The lowest BCUT2D eigenvalue weighted by Gasteiger charge is -2.10. The summed E-state index contributed by atoms with van der Waals surface area (Å²) in [6.45, 7) is 0. The third-order valence-corrected chi connectivity index (χ3v) is 6.41. The monoisotopic (exact) mass is 497 g/mol. The number of aromatic carboxylic acids is 1. The van der Waals surface area contributed by atoms with E-state index in [2.05, 4.69) is 9.97 Å². The second kappa shape index (κ2) is 9.67. The molecule has 3 N–H and O–H groups in total. The van der Waals surface area contributed by atoms with Crippen LogP contribution in [0.5, 0.6) is 0 Å². The summed E-state index contributed by atoms with van der Waals surface area (Å²) >= 11 is 1.00. The fraction of sp³-hybridized carbons (Fsp3) is 0.120. The number of alkyl halides is 3. The Bertz CT molecular complexity index is 1430. The highest BCUT2D eigenvalue weighted by atomic mass is 32.1. The van der Waals surface area contributed by atoms with Crippen molar-refractivity contribution in [3.8, 4) is 11.3 Å². The van der Waals surface area contributed by atoms with Crippen LogP contribution in [-0.4, -0.2) is 26.8 Å². The first-order chi connectivity index (χ1) is 16.6. The molecule has 0 bridgehead atoms. The number of fused-ring (bicyclic) bond motifs is 1. The van der Waals surface area contributed by atoms with Gasteiger partial charge in [-0.3, -0.25) is 9.78 Å². The number of hydrogen-bond donors (Lipinski definition) is 2. The van der Waals surface area contributed by atoms with Gasteiger partial charge in [0.2, 0.25) is 0 Å². The maximum atomic E-state index is 13.8. The van der Waals surface area contributed by atoms with Crippen LogP contribution >= 0.6 is 11.3 Å². The number of aryl methyl sites for hydroxylation is 1. The molecule has 0 saturated heterocycles. The number of halogens is 3. The zero-order chi connectivity index (χ0) is 25.2. The van der Waals surface area contributed by atoms with E-state index in [9.17, 15) is 22.8 Å². The van der Waals surface area contributed by atoms with Crippen LogP contribution in [0.2, 0.25) is 0 Å². The van der Waals surface area contributed by atoms with E-state index in [4.69, 9.17) is 10.8 Å². The van der Waals surface area contributed by atoms with E-state index >= 15 is 0 Å². The van der Waals surface area contributed by atoms with Gasteiger partial charge in [-0.1, -0.05) is 0 Å². The number of thiophene rings is 1. The fourth-order valence-corrected chi connectivity index (χ4v) is 4.59. The van der Waals surface area contributed by atoms with Gasteiger partial charge in [-0.25, -0.2) is 9.78 Å². The van der Waals surface area contributed by atoms with Gasteiger partial charge in [-0.2, -0.15) is 13.2 Å². The summed E-state index contributed by atoms with van der Waals surface area (Å²) in [6.07, 6.45) is 1.49. The number of rotatable bonds is 7. The summed E-state index contributed by atoms with van der Waals surface area (Å²) in [5.74, 6) is -0.973. The van der Waals surface area contributed by atoms with Crippen molar-refractivity contribution in [3.63, 3.8) is 0 Å². The maximum absolute atomic E-state index is 13.8. The first-order valence-corrected chi connectivity index (χ1v) is 11.2. The average molecular weight is 497 g/mol. The molecule has 3 heterocycles. The largest absolute Gasteiger partial charge is 0.478 e. The number of pyridine rings is 2. The molecule has 0 spiro atoms. The molecule has 178 valence electrons. The highest BCUT2D eigenvalue weighted by molar-refractivity contribution is 7.19. The summed E-state index contributed by atoms with van der Waals surface area (Å²) < 4.78 is 41.6. The topological polar surface area (TPSA) is 106 Å². The normalized spacial score (nSPS) is 11.9. The number of carboxylic acids is 1. The van der Waals surface area contributed by atoms with Crippen LogP contribution in [0.25, 0.3) is 27.4 Å². The highest BCUT2D eigenvalue weighted by Gasteiger charge is 2.34. The first kappa shape index (κ1) is 24.1. The number of carbonyl (C=O) groups excluding carboxylic acids is 1. The molecule has 3 aromatic heterocycles. The van der Waals surface area contributed by atoms with Crippen molar-refractivity contribution < 1.29 is 27.9 Å². The Morgan fingerprint density at radius 3 is 2.49 bits per heavy atom. The second-order valence-electron chi connectivity index (χ2n) is 7.71. The standard InChI is InChI=1S/C25H18F3N3O3S/c26-25(27,28)20-11-16(21-7-3-15(13-30-21)24(33)34)9-17-10-19(35-23(17)20)6-5-18(32)4-1-14-2-8-22(29)31-12-14/h1-4,7-13H,5-6H2,(H2,29,31)(H,33,34)/b4-1+. The predicted octanol–water partition coefficient (Wildman–Crippen LogP) is 5.87. The summed E-state index contributed by atoms with van der Waals surface area (Å²) in [5.41, 5.74) is 5.83. The third-order valence-electron chi connectivity index (χ3n) is 5.17. The van der Waals surface area contributed by atoms with Crippen LogP contribution in [0.15, 0.2) is 60.9 Å². The number of aromatic nitrogens is 2. The average Bonchev–Trinajstić information content (AvgIpc) is 3.24. The van der Waals surface area contributed by atoms with E-state index in [0.29, 0.717) is 28.1 Å². The second-order valence-corrected chi connectivity index (χ2v) is 8.84. The van der Waals surface area contributed by atoms with Gasteiger partial charge >= 0.3 is 12.1 Å². The molecule has 10 heteroatoms. The van der Waals surface area contributed by atoms with E-state index in [-0.39, 0.29) is 33.7 Å². The molecular weight excluding hydrogens is 479 g/mol. The predicted molar refractivity (Wildman–Crippen MR) is 128 cm³/mol. The Morgan fingerprint density at radius 2 is 1.86 bits per heavy atom. The minimum atomic E-state index is -4.59. The molecule has 0 amide bonds. The Kier molecular flexibility index (Phi) is 6.65. The molecule has 0 aliphatic carbocycles. The van der Waals surface area contributed by atoms with Crippen LogP contribution in [0.4, 0.5) is 19.0 Å². The van der Waals surface area contributed by atoms with E-state index in [1.807, 2.05) is 0 Å². The minimum Gasteiger partial charge on any atom is -0.478 e. The van der Waals surface area contributed by atoms with E-state index < -0.39 is 17.7 Å². The number of ketones is 1. The summed E-state index contributed by atoms with van der Waals surface area (Å²) in [6, 6.07) is 10.2. The third kappa shape index (κ3) is 5.72. The van der Waals surface area contributed by atoms with Crippen molar-refractivity contribution >= 4 is 45.1 Å². The number of carboxylic acid groups (broad SMARTS) is 1. The zero-order valence-electron chi connectivity index (χ0n) is 18.0. The molecule has 0 fully saturated rings. The molecule has 0 atom stereocenters.